The number of benzene rings is 2. The van der Waals surface area contributed by atoms with Crippen LogP contribution in [-0.4, -0.2) is 26.1 Å². The van der Waals surface area contributed by atoms with Crippen molar-refractivity contribution in [3.05, 3.63) is 71.2 Å². The number of pyridine rings is 1. The van der Waals surface area contributed by atoms with E-state index < -0.39 is 0 Å². The molecule has 2 aromatic carbocycles. The third-order valence-corrected chi connectivity index (χ3v) is 5.72. The number of carbonyl (C=O) groups is 1. The van der Waals surface area contributed by atoms with Gasteiger partial charge in [-0.05, 0) is 68.1 Å². The Kier molecular flexibility index (Phi) is 4.54. The molecule has 6 nitrogen and oxygen atoms in total. The zero-order valence-electron chi connectivity index (χ0n) is 17.1. The number of aromatic amines is 1. The van der Waals surface area contributed by atoms with Crippen molar-refractivity contribution >= 4 is 22.5 Å². The van der Waals surface area contributed by atoms with Crippen LogP contribution in [0.15, 0.2) is 48.5 Å². The lowest BCUT2D eigenvalue weighted by Gasteiger charge is -2.13. The van der Waals surface area contributed by atoms with Gasteiger partial charge in [-0.25, -0.2) is 4.98 Å². The van der Waals surface area contributed by atoms with Crippen LogP contribution >= 0.6 is 0 Å². The molecule has 5 rings (SSSR count). The van der Waals surface area contributed by atoms with Crippen molar-refractivity contribution in [2.45, 2.75) is 39.0 Å². The summed E-state index contributed by atoms with van der Waals surface area (Å²) in [5.41, 5.74) is 5.64. The minimum absolute atomic E-state index is 0.0556. The molecular formula is C24H23N5O. The van der Waals surface area contributed by atoms with Crippen LogP contribution in [0.5, 0.6) is 0 Å². The van der Waals surface area contributed by atoms with Gasteiger partial charge < -0.3 is 5.32 Å². The Labute approximate surface area is 174 Å². The standard InChI is InChI=1S/C24H23N5O/c1-14-19-5-3-4-6-21(19)25-15(2)20(14)13-22(30)26-18-11-9-17(10-12-18)24-27-23(28-29-24)16-7-8-16/h3-6,9-12,16H,7-8,13H2,1-2H3,(H,26,30)(H,27,28,29). The van der Waals surface area contributed by atoms with Crippen LogP contribution in [0.3, 0.4) is 0 Å². The highest BCUT2D eigenvalue weighted by molar-refractivity contribution is 5.94. The maximum atomic E-state index is 12.7. The topological polar surface area (TPSA) is 83.6 Å². The highest BCUT2D eigenvalue weighted by atomic mass is 16.1. The molecule has 30 heavy (non-hydrogen) atoms. The van der Waals surface area contributed by atoms with Crippen molar-refractivity contribution in [2.75, 3.05) is 5.32 Å². The number of aromatic nitrogens is 4. The van der Waals surface area contributed by atoms with Crippen LogP contribution in [0.4, 0.5) is 5.69 Å². The maximum absolute atomic E-state index is 12.7. The van der Waals surface area contributed by atoms with Crippen molar-refractivity contribution in [3.63, 3.8) is 0 Å². The molecular weight excluding hydrogens is 374 g/mol. The van der Waals surface area contributed by atoms with E-state index in [1.807, 2.05) is 49.4 Å². The Bertz CT molecular complexity index is 1240. The van der Waals surface area contributed by atoms with Gasteiger partial charge in [0.05, 0.1) is 11.9 Å². The fraction of sp³-hybridized carbons (Fsp3) is 0.250. The van der Waals surface area contributed by atoms with Crippen LogP contribution in [0, 0.1) is 13.8 Å². The van der Waals surface area contributed by atoms with E-state index in [-0.39, 0.29) is 5.91 Å². The highest BCUT2D eigenvalue weighted by Crippen LogP contribution is 2.38. The lowest BCUT2D eigenvalue weighted by Crippen LogP contribution is -2.16. The molecule has 0 radical (unpaired) electrons. The molecule has 1 aliphatic carbocycles. The molecule has 1 fully saturated rings. The molecule has 1 saturated carbocycles. The van der Waals surface area contributed by atoms with E-state index in [1.165, 1.54) is 12.8 Å². The number of amides is 1. The average Bonchev–Trinajstić information content (AvgIpc) is 3.48. The molecule has 6 heteroatoms. The van der Waals surface area contributed by atoms with E-state index in [0.29, 0.717) is 18.2 Å². The van der Waals surface area contributed by atoms with Crippen molar-refractivity contribution < 1.29 is 4.79 Å². The summed E-state index contributed by atoms with van der Waals surface area (Å²) in [5.74, 6) is 2.15. The van der Waals surface area contributed by atoms with Crippen molar-refractivity contribution in [1.82, 2.24) is 20.2 Å². The first kappa shape index (κ1) is 18.5. The molecule has 0 bridgehead atoms. The Hall–Kier alpha value is -3.54. The van der Waals surface area contributed by atoms with Gasteiger partial charge in [-0.2, -0.15) is 5.10 Å². The van der Waals surface area contributed by atoms with Gasteiger partial charge in [-0.3, -0.25) is 14.9 Å². The maximum Gasteiger partial charge on any atom is 0.228 e. The van der Waals surface area contributed by atoms with Crippen LogP contribution in [0.25, 0.3) is 22.3 Å². The van der Waals surface area contributed by atoms with Crippen LogP contribution in [-0.2, 0) is 11.2 Å². The third kappa shape index (κ3) is 3.56. The van der Waals surface area contributed by atoms with Gasteiger partial charge in [0.25, 0.3) is 0 Å². The fourth-order valence-electron chi connectivity index (χ4n) is 3.84. The molecule has 2 heterocycles. The number of anilines is 1. The van der Waals surface area contributed by atoms with E-state index in [0.717, 1.165) is 44.8 Å². The second-order valence-corrected chi connectivity index (χ2v) is 7.94. The molecule has 1 amide bonds. The molecule has 2 N–H and O–H groups in total. The minimum atomic E-state index is -0.0556. The largest absolute Gasteiger partial charge is 0.326 e. The van der Waals surface area contributed by atoms with Crippen LogP contribution in [0.1, 0.15) is 41.4 Å². The molecule has 0 saturated heterocycles. The number of aryl methyl sites for hydroxylation is 2. The van der Waals surface area contributed by atoms with Gasteiger partial charge >= 0.3 is 0 Å². The lowest BCUT2D eigenvalue weighted by atomic mass is 9.99. The molecule has 1 aliphatic rings. The van der Waals surface area contributed by atoms with Gasteiger partial charge in [0, 0.05) is 28.2 Å². The first-order valence-corrected chi connectivity index (χ1v) is 10.3. The summed E-state index contributed by atoms with van der Waals surface area (Å²) in [6, 6.07) is 15.7. The summed E-state index contributed by atoms with van der Waals surface area (Å²) >= 11 is 0. The number of nitrogens with one attached hydrogen (secondary N) is 2. The van der Waals surface area contributed by atoms with E-state index >= 15 is 0 Å². The van der Waals surface area contributed by atoms with E-state index in [1.54, 1.807) is 0 Å². The van der Waals surface area contributed by atoms with Crippen LogP contribution < -0.4 is 5.32 Å². The Morgan fingerprint density at radius 2 is 1.83 bits per heavy atom. The zero-order chi connectivity index (χ0) is 20.7. The normalized spacial score (nSPS) is 13.5. The Morgan fingerprint density at radius 3 is 2.60 bits per heavy atom. The number of H-pyrrole nitrogens is 1. The number of para-hydroxylation sites is 1. The van der Waals surface area contributed by atoms with E-state index in [4.69, 9.17) is 0 Å². The van der Waals surface area contributed by atoms with Gasteiger partial charge in [-0.15, -0.1) is 0 Å². The molecule has 0 spiro atoms. The smallest absolute Gasteiger partial charge is 0.228 e. The summed E-state index contributed by atoms with van der Waals surface area (Å²) in [7, 11) is 0. The number of fused-ring (bicyclic) bond motifs is 1. The Balaban J connectivity index is 1.30. The third-order valence-electron chi connectivity index (χ3n) is 5.72. The number of hydrogen-bond acceptors (Lipinski definition) is 4. The van der Waals surface area contributed by atoms with Crippen molar-refractivity contribution in [3.8, 4) is 11.4 Å². The van der Waals surface area contributed by atoms with Crippen molar-refractivity contribution in [2.24, 2.45) is 0 Å². The second-order valence-electron chi connectivity index (χ2n) is 7.94. The Morgan fingerprint density at radius 1 is 1.07 bits per heavy atom. The molecule has 0 atom stereocenters. The molecule has 0 unspecified atom stereocenters. The zero-order valence-corrected chi connectivity index (χ0v) is 17.1. The number of hydrogen-bond donors (Lipinski definition) is 2. The van der Waals surface area contributed by atoms with E-state index in [2.05, 4.69) is 38.5 Å². The number of rotatable bonds is 5. The summed E-state index contributed by atoms with van der Waals surface area (Å²) in [6.45, 7) is 4.02. The SMILES string of the molecule is Cc1nc2ccccc2c(C)c1CC(=O)Nc1ccc(-c2n[nH]c(C3CC3)n2)cc1. The first-order chi connectivity index (χ1) is 14.6. The first-order valence-electron chi connectivity index (χ1n) is 10.3. The van der Waals surface area contributed by atoms with Crippen molar-refractivity contribution in [1.29, 1.82) is 0 Å². The van der Waals surface area contributed by atoms with Gasteiger partial charge in [0.1, 0.15) is 5.82 Å². The summed E-state index contributed by atoms with van der Waals surface area (Å²) in [6.07, 6.45) is 2.67. The predicted molar refractivity (Wildman–Crippen MR) is 117 cm³/mol. The quantitative estimate of drug-likeness (QED) is 0.511. The fourth-order valence-corrected chi connectivity index (χ4v) is 3.84. The number of carbonyl (C=O) groups excluding carboxylic acids is 1. The van der Waals surface area contributed by atoms with Gasteiger partial charge in [0.15, 0.2) is 5.82 Å². The highest BCUT2D eigenvalue weighted by Gasteiger charge is 2.27. The summed E-state index contributed by atoms with van der Waals surface area (Å²) in [5, 5.41) is 11.4. The number of nitrogens with zero attached hydrogens (tertiary/aromatic N) is 3. The summed E-state index contributed by atoms with van der Waals surface area (Å²) in [4.78, 5) is 21.9. The molecule has 2 aromatic heterocycles. The lowest BCUT2D eigenvalue weighted by molar-refractivity contribution is -0.115. The average molecular weight is 397 g/mol. The monoisotopic (exact) mass is 397 g/mol. The molecule has 0 aliphatic heterocycles. The van der Waals surface area contributed by atoms with E-state index in [9.17, 15) is 4.79 Å². The predicted octanol–water partition coefficient (Wildman–Crippen LogP) is 4.70. The van der Waals surface area contributed by atoms with Gasteiger partial charge in [-0.1, -0.05) is 18.2 Å². The second kappa shape index (κ2) is 7.37. The molecule has 4 aromatic rings. The summed E-state index contributed by atoms with van der Waals surface area (Å²) < 4.78 is 0. The van der Waals surface area contributed by atoms with Crippen LogP contribution in [0.2, 0.25) is 0 Å². The molecule has 150 valence electrons. The minimum Gasteiger partial charge on any atom is -0.326 e. The van der Waals surface area contributed by atoms with Gasteiger partial charge in [0.2, 0.25) is 5.91 Å².